The van der Waals surface area contributed by atoms with E-state index >= 15 is 0 Å². The molecule has 0 aromatic heterocycles. The van der Waals surface area contributed by atoms with Gasteiger partial charge in [0.1, 0.15) is 5.75 Å². The van der Waals surface area contributed by atoms with Crippen molar-refractivity contribution >= 4 is 24.9 Å². The van der Waals surface area contributed by atoms with E-state index in [4.69, 9.17) is 26.8 Å². The maximum atomic E-state index is 10.5. The Hall–Kier alpha value is -1.24. The molecule has 0 aliphatic carbocycles. The van der Waals surface area contributed by atoms with Crippen LogP contribution < -0.4 is 4.65 Å². The van der Waals surface area contributed by atoms with Crippen molar-refractivity contribution in [2.75, 3.05) is 0 Å². The molecular weight excluding hydrogens is 222 g/mol. The number of hydrogen-bond acceptors (Lipinski definition) is 4. The van der Waals surface area contributed by atoms with Gasteiger partial charge in [0.2, 0.25) is 0 Å². The predicted octanol–water partition coefficient (Wildman–Crippen LogP) is 0.315. The molecular formula is C8H8BClO5. The minimum absolute atomic E-state index is 0.144. The summed E-state index contributed by atoms with van der Waals surface area (Å²) in [5.41, 5.74) is 0.349. The van der Waals surface area contributed by atoms with Crippen LogP contribution in [0, 0.1) is 0 Å². The van der Waals surface area contributed by atoms with Crippen LogP contribution in [0.5, 0.6) is 5.75 Å². The third-order valence-corrected chi connectivity index (χ3v) is 1.97. The molecule has 0 atom stereocenters. The number of carbonyl (C=O) groups is 1. The highest BCUT2D eigenvalue weighted by Crippen LogP contribution is 2.22. The standard InChI is InChI=1S/C8H8BClO5/c10-7-2-1-6(15-9(13)14)3-5(7)4-8(11)12/h1-3,13-14H,4H2,(H,11,12). The first-order valence-corrected chi connectivity index (χ1v) is 4.40. The first kappa shape index (κ1) is 11.8. The van der Waals surface area contributed by atoms with Gasteiger partial charge in [-0.3, -0.25) is 4.79 Å². The maximum Gasteiger partial charge on any atom is 0.707 e. The summed E-state index contributed by atoms with van der Waals surface area (Å²) in [6, 6.07) is 4.18. The van der Waals surface area contributed by atoms with Gasteiger partial charge in [-0.15, -0.1) is 0 Å². The summed E-state index contributed by atoms with van der Waals surface area (Å²) in [7, 11) is -1.94. The second kappa shape index (κ2) is 5.02. The van der Waals surface area contributed by atoms with Crippen LogP contribution in [0.3, 0.4) is 0 Å². The number of aliphatic carboxylic acids is 1. The minimum atomic E-state index is -1.94. The number of carboxylic acids is 1. The highest BCUT2D eigenvalue weighted by atomic mass is 35.5. The van der Waals surface area contributed by atoms with Crippen LogP contribution in [0.4, 0.5) is 0 Å². The van der Waals surface area contributed by atoms with Crippen molar-refractivity contribution in [2.45, 2.75) is 6.42 Å². The summed E-state index contributed by atoms with van der Waals surface area (Å²) < 4.78 is 4.55. The molecule has 0 bridgehead atoms. The van der Waals surface area contributed by atoms with Crippen LogP contribution in [0.25, 0.3) is 0 Å². The third-order valence-electron chi connectivity index (χ3n) is 1.60. The molecule has 0 spiro atoms. The van der Waals surface area contributed by atoms with Crippen molar-refractivity contribution in [1.29, 1.82) is 0 Å². The molecule has 80 valence electrons. The first-order valence-electron chi connectivity index (χ1n) is 4.02. The highest BCUT2D eigenvalue weighted by Gasteiger charge is 2.13. The predicted molar refractivity (Wildman–Crippen MR) is 53.6 cm³/mol. The van der Waals surface area contributed by atoms with E-state index in [9.17, 15) is 4.79 Å². The molecule has 0 heterocycles. The van der Waals surface area contributed by atoms with Crippen molar-refractivity contribution < 1.29 is 24.6 Å². The van der Waals surface area contributed by atoms with Crippen LogP contribution in [-0.4, -0.2) is 28.4 Å². The molecule has 1 aromatic carbocycles. The Labute approximate surface area is 91.0 Å². The molecule has 0 aliphatic heterocycles. The fraction of sp³-hybridized carbons (Fsp3) is 0.125. The quantitative estimate of drug-likeness (QED) is 0.648. The van der Waals surface area contributed by atoms with E-state index < -0.39 is 13.3 Å². The van der Waals surface area contributed by atoms with Crippen molar-refractivity contribution in [1.82, 2.24) is 0 Å². The largest absolute Gasteiger partial charge is 0.707 e. The van der Waals surface area contributed by atoms with Crippen LogP contribution >= 0.6 is 11.6 Å². The molecule has 1 rings (SSSR count). The number of hydrogen-bond donors (Lipinski definition) is 3. The smallest absolute Gasteiger partial charge is 0.512 e. The fourth-order valence-electron chi connectivity index (χ4n) is 1.04. The number of benzene rings is 1. The van der Waals surface area contributed by atoms with E-state index in [1.165, 1.54) is 18.2 Å². The molecule has 0 aliphatic rings. The van der Waals surface area contributed by atoms with Gasteiger partial charge in [-0.1, -0.05) is 11.6 Å². The van der Waals surface area contributed by atoms with E-state index in [0.29, 0.717) is 5.56 Å². The number of rotatable bonds is 4. The average molecular weight is 230 g/mol. The molecule has 0 unspecified atom stereocenters. The second-order valence-corrected chi connectivity index (χ2v) is 3.18. The Kier molecular flexibility index (Phi) is 3.96. The van der Waals surface area contributed by atoms with Crippen LogP contribution in [0.2, 0.25) is 5.02 Å². The van der Waals surface area contributed by atoms with Crippen LogP contribution in [0.15, 0.2) is 18.2 Å². The van der Waals surface area contributed by atoms with E-state index in [1.54, 1.807) is 0 Å². The van der Waals surface area contributed by atoms with Gasteiger partial charge in [0.15, 0.2) is 0 Å². The lowest BCUT2D eigenvalue weighted by Gasteiger charge is -2.07. The molecule has 1 aromatic rings. The van der Waals surface area contributed by atoms with Crippen molar-refractivity contribution in [3.05, 3.63) is 28.8 Å². The van der Waals surface area contributed by atoms with Gasteiger partial charge in [-0.2, -0.15) is 0 Å². The molecule has 3 N–H and O–H groups in total. The lowest BCUT2D eigenvalue weighted by atomic mass is 10.1. The summed E-state index contributed by atoms with van der Waals surface area (Å²) >= 11 is 5.73. The van der Waals surface area contributed by atoms with Gasteiger partial charge in [-0.05, 0) is 23.8 Å². The summed E-state index contributed by atoms with van der Waals surface area (Å²) in [4.78, 5) is 10.5. The molecule has 0 fully saturated rings. The maximum absolute atomic E-state index is 10.5. The average Bonchev–Trinajstić information content (AvgIpc) is 2.09. The van der Waals surface area contributed by atoms with Gasteiger partial charge >= 0.3 is 13.3 Å². The lowest BCUT2D eigenvalue weighted by Crippen LogP contribution is -2.20. The van der Waals surface area contributed by atoms with Crippen LogP contribution in [-0.2, 0) is 11.2 Å². The Morgan fingerprint density at radius 3 is 2.67 bits per heavy atom. The molecule has 15 heavy (non-hydrogen) atoms. The van der Waals surface area contributed by atoms with E-state index in [0.717, 1.165) is 0 Å². The number of carboxylic acid groups (broad SMARTS) is 1. The Morgan fingerprint density at radius 2 is 2.13 bits per heavy atom. The minimum Gasteiger partial charge on any atom is -0.512 e. The molecule has 7 heteroatoms. The van der Waals surface area contributed by atoms with Gasteiger partial charge in [0, 0.05) is 5.02 Å². The topological polar surface area (TPSA) is 87.0 Å². The van der Waals surface area contributed by atoms with Gasteiger partial charge in [0.05, 0.1) is 6.42 Å². The van der Waals surface area contributed by atoms with Crippen molar-refractivity contribution in [3.8, 4) is 5.75 Å². The Balaban J connectivity index is 2.89. The molecule has 0 saturated carbocycles. The van der Waals surface area contributed by atoms with Crippen LogP contribution in [0.1, 0.15) is 5.56 Å². The summed E-state index contributed by atoms with van der Waals surface area (Å²) in [6.45, 7) is 0. The lowest BCUT2D eigenvalue weighted by molar-refractivity contribution is -0.136. The van der Waals surface area contributed by atoms with E-state index in [2.05, 4.69) is 4.65 Å². The first-order chi connectivity index (χ1) is 6.99. The summed E-state index contributed by atoms with van der Waals surface area (Å²) in [5, 5.41) is 25.9. The monoisotopic (exact) mass is 230 g/mol. The van der Waals surface area contributed by atoms with E-state index in [1.807, 2.05) is 0 Å². The zero-order valence-electron chi connectivity index (χ0n) is 7.55. The second-order valence-electron chi connectivity index (χ2n) is 2.77. The fourth-order valence-corrected chi connectivity index (χ4v) is 1.23. The molecule has 5 nitrogen and oxygen atoms in total. The molecule has 0 amide bonds. The Morgan fingerprint density at radius 1 is 1.47 bits per heavy atom. The zero-order valence-corrected chi connectivity index (χ0v) is 8.31. The van der Waals surface area contributed by atoms with Gasteiger partial charge in [-0.25, -0.2) is 0 Å². The summed E-state index contributed by atoms with van der Waals surface area (Å²) in [5.74, 6) is -0.885. The third kappa shape index (κ3) is 3.79. The normalized spacial score (nSPS) is 9.80. The zero-order chi connectivity index (χ0) is 11.4. The van der Waals surface area contributed by atoms with Gasteiger partial charge in [0.25, 0.3) is 0 Å². The molecule has 0 radical (unpaired) electrons. The van der Waals surface area contributed by atoms with Crippen molar-refractivity contribution in [3.63, 3.8) is 0 Å². The SMILES string of the molecule is O=C(O)Cc1cc(OB(O)O)ccc1Cl. The highest BCUT2D eigenvalue weighted by molar-refractivity contribution is 6.34. The van der Waals surface area contributed by atoms with E-state index in [-0.39, 0.29) is 17.2 Å². The Bertz CT molecular complexity index is 368. The number of halogens is 1. The molecule has 0 saturated heterocycles. The van der Waals surface area contributed by atoms with Gasteiger partial charge < -0.3 is 19.8 Å². The van der Waals surface area contributed by atoms with Crippen molar-refractivity contribution in [2.24, 2.45) is 0 Å². The summed E-state index contributed by atoms with van der Waals surface area (Å²) in [6.07, 6.45) is -0.252.